The molecule has 0 bridgehead atoms. The minimum Gasteiger partial charge on any atom is -0.301 e. The average Bonchev–Trinajstić information content (AvgIpc) is 2.18. The Hall–Kier alpha value is -0.520. The Morgan fingerprint density at radius 1 is 1.33 bits per heavy atom. The van der Waals surface area contributed by atoms with Crippen molar-refractivity contribution in [3.05, 3.63) is 28.7 Å². The van der Waals surface area contributed by atoms with E-state index in [1.54, 1.807) is 26.0 Å². The summed E-state index contributed by atoms with van der Waals surface area (Å²) in [5, 5.41) is 0. The Kier molecular flexibility index (Phi) is 4.19. The summed E-state index contributed by atoms with van der Waals surface area (Å²) in [5.41, 5.74) is -0.780. The predicted molar refractivity (Wildman–Crippen MR) is 63.8 cm³/mol. The maximum atomic E-state index is 11.8. The first-order valence-corrected chi connectivity index (χ1v) is 6.30. The smallest absolute Gasteiger partial charge is 0.140 e. The van der Waals surface area contributed by atoms with E-state index < -0.39 is 16.5 Å². The van der Waals surface area contributed by atoms with E-state index in [2.05, 4.69) is 20.7 Å². The second-order valence-corrected chi connectivity index (χ2v) is 5.79. The SMILES string of the molecule is CC(C)(C=O)NS(=O)c1ccc(Br)cc1. The first-order valence-electron chi connectivity index (χ1n) is 4.36. The van der Waals surface area contributed by atoms with Crippen LogP contribution in [0.4, 0.5) is 0 Å². The molecule has 0 heterocycles. The van der Waals surface area contributed by atoms with Crippen LogP contribution in [0, 0.1) is 0 Å². The van der Waals surface area contributed by atoms with Gasteiger partial charge < -0.3 is 4.79 Å². The van der Waals surface area contributed by atoms with Crippen LogP contribution in [0.15, 0.2) is 33.6 Å². The standard InChI is InChI=1S/C10H12BrNO2S/c1-10(2,7-13)12-15(14)9-5-3-8(11)4-6-9/h3-7,12H,1-2H3. The normalized spacial score (nSPS) is 13.5. The van der Waals surface area contributed by atoms with Gasteiger partial charge in [-0.3, -0.25) is 0 Å². The number of hydrogen-bond acceptors (Lipinski definition) is 2. The van der Waals surface area contributed by atoms with E-state index in [1.807, 2.05) is 12.1 Å². The Labute approximate surface area is 100.0 Å². The Morgan fingerprint density at radius 2 is 1.87 bits per heavy atom. The third kappa shape index (κ3) is 3.85. The average molecular weight is 290 g/mol. The van der Waals surface area contributed by atoms with Crippen LogP contribution in [0.1, 0.15) is 13.8 Å². The second kappa shape index (κ2) is 5.01. The summed E-state index contributed by atoms with van der Waals surface area (Å²) in [6, 6.07) is 7.10. The Balaban J connectivity index is 2.78. The van der Waals surface area contributed by atoms with E-state index in [9.17, 15) is 9.00 Å². The molecule has 0 radical (unpaired) electrons. The van der Waals surface area contributed by atoms with Crippen LogP contribution in [0.2, 0.25) is 0 Å². The van der Waals surface area contributed by atoms with Crippen molar-refractivity contribution < 1.29 is 9.00 Å². The molecule has 0 aliphatic heterocycles. The summed E-state index contributed by atoms with van der Waals surface area (Å²) in [4.78, 5) is 11.3. The molecule has 1 aromatic rings. The van der Waals surface area contributed by atoms with Crippen molar-refractivity contribution in [3.8, 4) is 0 Å². The lowest BCUT2D eigenvalue weighted by Gasteiger charge is -2.17. The van der Waals surface area contributed by atoms with Gasteiger partial charge in [-0.2, -0.15) is 0 Å². The number of carbonyl (C=O) groups is 1. The predicted octanol–water partition coefficient (Wildman–Crippen LogP) is 2.04. The van der Waals surface area contributed by atoms with E-state index in [-0.39, 0.29) is 0 Å². The summed E-state index contributed by atoms with van der Waals surface area (Å²) in [5.74, 6) is 0. The van der Waals surface area contributed by atoms with E-state index >= 15 is 0 Å². The van der Waals surface area contributed by atoms with Crippen LogP contribution in [-0.2, 0) is 15.8 Å². The molecular formula is C10H12BrNO2S. The van der Waals surface area contributed by atoms with Crippen LogP contribution in [0.25, 0.3) is 0 Å². The molecule has 1 unspecified atom stereocenters. The maximum Gasteiger partial charge on any atom is 0.140 e. The van der Waals surface area contributed by atoms with Gasteiger partial charge >= 0.3 is 0 Å². The van der Waals surface area contributed by atoms with E-state index in [1.165, 1.54) is 0 Å². The van der Waals surface area contributed by atoms with Crippen molar-refractivity contribution in [2.45, 2.75) is 24.3 Å². The zero-order chi connectivity index (χ0) is 11.5. The summed E-state index contributed by atoms with van der Waals surface area (Å²) in [6.07, 6.45) is 0.740. The number of hydrogen-bond donors (Lipinski definition) is 1. The number of benzene rings is 1. The second-order valence-electron chi connectivity index (χ2n) is 3.66. The van der Waals surface area contributed by atoms with Gasteiger partial charge in [0.05, 0.1) is 10.4 Å². The number of aldehydes is 1. The van der Waals surface area contributed by atoms with E-state index in [0.717, 1.165) is 10.8 Å². The molecule has 1 aromatic carbocycles. The lowest BCUT2D eigenvalue weighted by atomic mass is 10.1. The van der Waals surface area contributed by atoms with Crippen molar-refractivity contribution in [1.29, 1.82) is 0 Å². The van der Waals surface area contributed by atoms with Gasteiger partial charge in [0.25, 0.3) is 0 Å². The molecule has 0 spiro atoms. The van der Waals surface area contributed by atoms with Crippen LogP contribution in [-0.4, -0.2) is 16.0 Å². The summed E-state index contributed by atoms with van der Waals surface area (Å²) < 4.78 is 15.4. The van der Waals surface area contributed by atoms with Gasteiger partial charge in [0.2, 0.25) is 0 Å². The molecule has 0 saturated heterocycles. The summed E-state index contributed by atoms with van der Waals surface area (Å²) in [6.45, 7) is 3.35. The highest BCUT2D eigenvalue weighted by Gasteiger charge is 2.19. The topological polar surface area (TPSA) is 46.2 Å². The molecule has 0 aliphatic carbocycles. The van der Waals surface area contributed by atoms with Gasteiger partial charge in [-0.15, -0.1) is 0 Å². The van der Waals surface area contributed by atoms with Gasteiger partial charge in [0.1, 0.15) is 17.3 Å². The Morgan fingerprint density at radius 3 is 2.33 bits per heavy atom. The van der Waals surface area contributed by atoms with Crippen molar-refractivity contribution in [2.75, 3.05) is 0 Å². The van der Waals surface area contributed by atoms with Crippen LogP contribution in [0.3, 0.4) is 0 Å². The molecule has 82 valence electrons. The fourth-order valence-electron chi connectivity index (χ4n) is 0.880. The zero-order valence-corrected chi connectivity index (χ0v) is 10.9. The fourth-order valence-corrected chi connectivity index (χ4v) is 2.17. The number of rotatable bonds is 4. The minimum atomic E-state index is -1.36. The lowest BCUT2D eigenvalue weighted by molar-refractivity contribution is -0.111. The quantitative estimate of drug-likeness (QED) is 0.863. The highest BCUT2D eigenvalue weighted by atomic mass is 79.9. The fraction of sp³-hybridized carbons (Fsp3) is 0.300. The minimum absolute atomic E-state index is 0.646. The van der Waals surface area contributed by atoms with Crippen molar-refractivity contribution >= 4 is 33.2 Å². The molecule has 0 aliphatic rings. The molecule has 5 heteroatoms. The molecule has 15 heavy (non-hydrogen) atoms. The van der Waals surface area contributed by atoms with Crippen LogP contribution in [0.5, 0.6) is 0 Å². The van der Waals surface area contributed by atoms with Crippen LogP contribution < -0.4 is 4.72 Å². The lowest BCUT2D eigenvalue weighted by Crippen LogP contribution is -2.41. The molecule has 0 amide bonds. The molecule has 1 N–H and O–H groups in total. The van der Waals surface area contributed by atoms with E-state index in [0.29, 0.717) is 4.90 Å². The zero-order valence-electron chi connectivity index (χ0n) is 8.49. The van der Waals surface area contributed by atoms with Gasteiger partial charge in [0.15, 0.2) is 0 Å². The number of nitrogens with one attached hydrogen (secondary N) is 1. The van der Waals surface area contributed by atoms with Gasteiger partial charge in [-0.25, -0.2) is 8.93 Å². The van der Waals surface area contributed by atoms with Gasteiger partial charge in [-0.1, -0.05) is 15.9 Å². The largest absolute Gasteiger partial charge is 0.301 e. The molecular weight excluding hydrogens is 278 g/mol. The van der Waals surface area contributed by atoms with Gasteiger partial charge in [0, 0.05) is 4.47 Å². The molecule has 0 aromatic heterocycles. The third-order valence-electron chi connectivity index (χ3n) is 1.68. The van der Waals surface area contributed by atoms with Gasteiger partial charge in [-0.05, 0) is 38.1 Å². The monoisotopic (exact) mass is 289 g/mol. The molecule has 3 nitrogen and oxygen atoms in total. The highest BCUT2D eigenvalue weighted by molar-refractivity contribution is 9.10. The molecule has 0 fully saturated rings. The van der Waals surface area contributed by atoms with Crippen molar-refractivity contribution in [1.82, 2.24) is 4.72 Å². The number of halogens is 1. The summed E-state index contributed by atoms with van der Waals surface area (Å²) >= 11 is 3.29. The first-order chi connectivity index (χ1) is 6.94. The molecule has 0 saturated carbocycles. The molecule has 1 rings (SSSR count). The molecule has 1 atom stereocenters. The third-order valence-corrected chi connectivity index (χ3v) is 3.62. The number of carbonyl (C=O) groups excluding carboxylic acids is 1. The van der Waals surface area contributed by atoms with Crippen molar-refractivity contribution in [3.63, 3.8) is 0 Å². The van der Waals surface area contributed by atoms with E-state index in [4.69, 9.17) is 0 Å². The van der Waals surface area contributed by atoms with Crippen molar-refractivity contribution in [2.24, 2.45) is 0 Å². The Bertz CT molecular complexity index is 376. The first kappa shape index (κ1) is 12.5. The maximum absolute atomic E-state index is 11.8. The highest BCUT2D eigenvalue weighted by Crippen LogP contribution is 2.13. The van der Waals surface area contributed by atoms with Crippen LogP contribution >= 0.6 is 15.9 Å². The summed E-state index contributed by atoms with van der Waals surface area (Å²) in [7, 11) is -1.36.